The molecule has 1 saturated heterocycles. The lowest BCUT2D eigenvalue weighted by Gasteiger charge is -2.31. The van der Waals surface area contributed by atoms with Gasteiger partial charge in [0.25, 0.3) is 5.91 Å². The standard InChI is InChI=1S/C12H13Cl2N3O2/c13-9-4-3-8(10(14)16-9)12(19)17-5-1-2-7(6-17)11(15)18/h3-4,7H,1-2,5-6H2,(H2,15,18). The van der Waals surface area contributed by atoms with E-state index in [1.165, 1.54) is 12.1 Å². The van der Waals surface area contributed by atoms with Crippen molar-refractivity contribution in [3.63, 3.8) is 0 Å². The van der Waals surface area contributed by atoms with Gasteiger partial charge in [0.05, 0.1) is 11.5 Å². The van der Waals surface area contributed by atoms with Crippen LogP contribution in [-0.2, 0) is 4.79 Å². The Morgan fingerprint density at radius 1 is 1.37 bits per heavy atom. The number of piperidine rings is 1. The maximum atomic E-state index is 12.3. The number of pyridine rings is 1. The summed E-state index contributed by atoms with van der Waals surface area (Å²) in [6, 6.07) is 3.05. The molecule has 0 spiro atoms. The fourth-order valence-corrected chi connectivity index (χ4v) is 2.56. The van der Waals surface area contributed by atoms with Gasteiger partial charge < -0.3 is 10.6 Å². The second kappa shape index (κ2) is 5.75. The Morgan fingerprint density at radius 3 is 2.74 bits per heavy atom. The minimum absolute atomic E-state index is 0.0682. The number of nitrogens with zero attached hydrogens (tertiary/aromatic N) is 2. The maximum Gasteiger partial charge on any atom is 0.257 e. The van der Waals surface area contributed by atoms with Crippen LogP contribution in [0.2, 0.25) is 10.3 Å². The summed E-state index contributed by atoms with van der Waals surface area (Å²) in [5.74, 6) is -0.922. The molecule has 7 heteroatoms. The highest BCUT2D eigenvalue weighted by Crippen LogP contribution is 2.22. The minimum atomic E-state index is -0.377. The predicted molar refractivity (Wildman–Crippen MR) is 72.1 cm³/mol. The number of rotatable bonds is 2. The second-order valence-corrected chi connectivity index (χ2v) is 5.21. The largest absolute Gasteiger partial charge is 0.369 e. The summed E-state index contributed by atoms with van der Waals surface area (Å²) in [4.78, 5) is 28.9. The van der Waals surface area contributed by atoms with E-state index in [-0.39, 0.29) is 33.6 Å². The van der Waals surface area contributed by atoms with E-state index in [1.54, 1.807) is 4.90 Å². The van der Waals surface area contributed by atoms with Gasteiger partial charge in [-0.25, -0.2) is 4.98 Å². The number of aromatic nitrogens is 1. The summed E-state index contributed by atoms with van der Waals surface area (Å²) in [5, 5.41) is 0.300. The molecule has 2 heterocycles. The molecule has 0 aromatic carbocycles. The van der Waals surface area contributed by atoms with Crippen molar-refractivity contribution in [3.05, 3.63) is 28.0 Å². The van der Waals surface area contributed by atoms with E-state index < -0.39 is 0 Å². The summed E-state index contributed by atoms with van der Waals surface area (Å²) in [6.45, 7) is 0.911. The molecule has 2 N–H and O–H groups in total. The van der Waals surface area contributed by atoms with Crippen LogP contribution in [-0.4, -0.2) is 34.8 Å². The SMILES string of the molecule is NC(=O)C1CCCN(C(=O)c2ccc(Cl)nc2Cl)C1. The molecule has 5 nitrogen and oxygen atoms in total. The Balaban J connectivity index is 2.17. The Morgan fingerprint density at radius 2 is 2.11 bits per heavy atom. The van der Waals surface area contributed by atoms with Gasteiger partial charge in [-0.05, 0) is 25.0 Å². The molecular weight excluding hydrogens is 289 g/mol. The number of likely N-dealkylation sites (tertiary alicyclic amines) is 1. The molecular formula is C12H13Cl2N3O2. The van der Waals surface area contributed by atoms with Gasteiger partial charge in [-0.1, -0.05) is 23.2 Å². The summed E-state index contributed by atoms with van der Waals surface area (Å²) in [6.07, 6.45) is 1.46. The Labute approximate surface area is 120 Å². The van der Waals surface area contributed by atoms with Crippen molar-refractivity contribution in [2.45, 2.75) is 12.8 Å². The number of hydrogen-bond donors (Lipinski definition) is 1. The summed E-state index contributed by atoms with van der Waals surface area (Å²) < 4.78 is 0. The molecule has 1 aromatic heterocycles. The van der Waals surface area contributed by atoms with E-state index >= 15 is 0 Å². The topological polar surface area (TPSA) is 76.3 Å². The van der Waals surface area contributed by atoms with Crippen LogP contribution in [0.1, 0.15) is 23.2 Å². The molecule has 1 unspecified atom stereocenters. The molecule has 2 rings (SSSR count). The van der Waals surface area contributed by atoms with Gasteiger partial charge in [-0.2, -0.15) is 0 Å². The molecule has 19 heavy (non-hydrogen) atoms. The zero-order valence-corrected chi connectivity index (χ0v) is 11.6. The highest BCUT2D eigenvalue weighted by molar-refractivity contribution is 6.34. The number of amides is 2. The van der Waals surface area contributed by atoms with Crippen molar-refractivity contribution in [2.24, 2.45) is 11.7 Å². The lowest BCUT2D eigenvalue weighted by molar-refractivity contribution is -0.123. The van der Waals surface area contributed by atoms with E-state index in [0.717, 1.165) is 6.42 Å². The lowest BCUT2D eigenvalue weighted by Crippen LogP contribution is -2.44. The van der Waals surface area contributed by atoms with Crippen LogP contribution in [0.4, 0.5) is 0 Å². The van der Waals surface area contributed by atoms with Crippen molar-refractivity contribution in [3.8, 4) is 0 Å². The van der Waals surface area contributed by atoms with Gasteiger partial charge in [0.1, 0.15) is 10.3 Å². The smallest absolute Gasteiger partial charge is 0.257 e. The lowest BCUT2D eigenvalue weighted by atomic mass is 9.97. The quantitative estimate of drug-likeness (QED) is 0.845. The van der Waals surface area contributed by atoms with E-state index in [2.05, 4.69) is 4.98 Å². The number of nitrogens with two attached hydrogens (primary N) is 1. The summed E-state index contributed by atoms with van der Waals surface area (Å²) in [5.41, 5.74) is 5.57. The average molecular weight is 302 g/mol. The molecule has 1 atom stereocenters. The molecule has 0 radical (unpaired) electrons. The monoisotopic (exact) mass is 301 g/mol. The van der Waals surface area contributed by atoms with E-state index in [1.807, 2.05) is 0 Å². The highest BCUT2D eigenvalue weighted by atomic mass is 35.5. The summed E-state index contributed by atoms with van der Waals surface area (Å²) in [7, 11) is 0. The number of hydrogen-bond acceptors (Lipinski definition) is 3. The molecule has 2 amide bonds. The third-order valence-electron chi connectivity index (χ3n) is 3.16. The molecule has 102 valence electrons. The first-order valence-corrected chi connectivity index (χ1v) is 6.65. The maximum absolute atomic E-state index is 12.3. The number of halogens is 2. The van der Waals surface area contributed by atoms with Crippen molar-refractivity contribution < 1.29 is 9.59 Å². The number of carbonyl (C=O) groups excluding carboxylic acids is 2. The Kier molecular flexibility index (Phi) is 4.27. The van der Waals surface area contributed by atoms with Crippen LogP contribution < -0.4 is 5.73 Å². The van der Waals surface area contributed by atoms with Crippen LogP contribution >= 0.6 is 23.2 Å². The zero-order valence-electron chi connectivity index (χ0n) is 10.1. The van der Waals surface area contributed by atoms with Crippen molar-refractivity contribution >= 4 is 35.0 Å². The van der Waals surface area contributed by atoms with E-state index in [0.29, 0.717) is 19.5 Å². The van der Waals surface area contributed by atoms with Crippen LogP contribution in [0.25, 0.3) is 0 Å². The van der Waals surface area contributed by atoms with Crippen molar-refractivity contribution in [1.29, 1.82) is 0 Å². The fourth-order valence-electron chi connectivity index (χ4n) is 2.14. The van der Waals surface area contributed by atoms with Gasteiger partial charge >= 0.3 is 0 Å². The Hall–Kier alpha value is -1.33. The normalized spacial score (nSPS) is 19.3. The second-order valence-electron chi connectivity index (χ2n) is 4.47. The Bertz CT molecular complexity index is 522. The van der Waals surface area contributed by atoms with E-state index in [9.17, 15) is 9.59 Å². The van der Waals surface area contributed by atoms with Gasteiger partial charge in [-0.15, -0.1) is 0 Å². The number of carbonyl (C=O) groups is 2. The van der Waals surface area contributed by atoms with Crippen LogP contribution in [0.5, 0.6) is 0 Å². The van der Waals surface area contributed by atoms with Crippen LogP contribution in [0.3, 0.4) is 0 Å². The summed E-state index contributed by atoms with van der Waals surface area (Å²) >= 11 is 11.6. The molecule has 1 aliphatic rings. The van der Waals surface area contributed by atoms with Crippen molar-refractivity contribution in [1.82, 2.24) is 9.88 Å². The average Bonchev–Trinajstić information content (AvgIpc) is 2.38. The molecule has 1 aliphatic heterocycles. The molecule has 1 aromatic rings. The van der Waals surface area contributed by atoms with Gasteiger partial charge in [0.15, 0.2) is 0 Å². The molecule has 0 aliphatic carbocycles. The van der Waals surface area contributed by atoms with Gasteiger partial charge in [0, 0.05) is 13.1 Å². The molecule has 1 fully saturated rings. The minimum Gasteiger partial charge on any atom is -0.369 e. The highest BCUT2D eigenvalue weighted by Gasteiger charge is 2.28. The fraction of sp³-hybridized carbons (Fsp3) is 0.417. The molecule has 0 bridgehead atoms. The first-order valence-electron chi connectivity index (χ1n) is 5.89. The van der Waals surface area contributed by atoms with E-state index in [4.69, 9.17) is 28.9 Å². The van der Waals surface area contributed by atoms with Crippen LogP contribution in [0, 0.1) is 5.92 Å². The predicted octanol–water partition coefficient (Wildman–Crippen LogP) is 1.73. The zero-order chi connectivity index (χ0) is 14.0. The van der Waals surface area contributed by atoms with Crippen molar-refractivity contribution in [2.75, 3.05) is 13.1 Å². The van der Waals surface area contributed by atoms with Gasteiger partial charge in [0.2, 0.25) is 5.91 Å². The molecule has 0 saturated carbocycles. The first-order chi connectivity index (χ1) is 8.99. The van der Waals surface area contributed by atoms with Gasteiger partial charge in [-0.3, -0.25) is 9.59 Å². The number of primary amides is 1. The first kappa shape index (κ1) is 14.1. The third kappa shape index (κ3) is 3.16. The van der Waals surface area contributed by atoms with Crippen LogP contribution in [0.15, 0.2) is 12.1 Å². The third-order valence-corrected chi connectivity index (χ3v) is 3.65.